The molecule has 2 saturated heterocycles. The van der Waals surface area contributed by atoms with Gasteiger partial charge >= 0.3 is 0 Å². The fourth-order valence-electron chi connectivity index (χ4n) is 5.69. The summed E-state index contributed by atoms with van der Waals surface area (Å²) in [6, 6.07) is 15.3. The maximum Gasteiger partial charge on any atom is 0.273 e. The summed E-state index contributed by atoms with van der Waals surface area (Å²) in [5.74, 6) is 1.99. The van der Waals surface area contributed by atoms with Crippen LogP contribution < -0.4 is 9.47 Å². The van der Waals surface area contributed by atoms with Crippen molar-refractivity contribution in [3.05, 3.63) is 75.2 Å². The van der Waals surface area contributed by atoms with Gasteiger partial charge in [0.15, 0.2) is 5.60 Å². The Morgan fingerprint density at radius 3 is 2.17 bits per heavy atom. The predicted octanol–water partition coefficient (Wildman–Crippen LogP) is 6.39. The number of hydrogen-bond donors (Lipinski definition) is 0. The molecule has 5 rings (SSSR count). The molecule has 0 atom stereocenters. The lowest BCUT2D eigenvalue weighted by Gasteiger charge is -2.36. The van der Waals surface area contributed by atoms with E-state index in [-0.39, 0.29) is 17.7 Å². The molecule has 2 aromatic carbocycles. The van der Waals surface area contributed by atoms with Gasteiger partial charge in [0.25, 0.3) is 11.8 Å². The van der Waals surface area contributed by atoms with Crippen molar-refractivity contribution in [1.82, 2.24) is 14.8 Å². The number of carbonyl (C=O) groups is 2. The van der Waals surface area contributed by atoms with Crippen LogP contribution in [0.4, 0.5) is 0 Å². The molecule has 0 N–H and O–H groups in total. The summed E-state index contributed by atoms with van der Waals surface area (Å²) in [6.07, 6.45) is 3.43. The second kappa shape index (κ2) is 12.2. The van der Waals surface area contributed by atoms with Crippen LogP contribution in [0.3, 0.4) is 0 Å². The van der Waals surface area contributed by atoms with Crippen LogP contribution >= 0.6 is 22.9 Å². The van der Waals surface area contributed by atoms with Gasteiger partial charge in [0.2, 0.25) is 0 Å². The van der Waals surface area contributed by atoms with Gasteiger partial charge in [-0.1, -0.05) is 41.9 Å². The smallest absolute Gasteiger partial charge is 0.273 e. The number of rotatable bonds is 7. The van der Waals surface area contributed by atoms with E-state index in [9.17, 15) is 9.59 Å². The van der Waals surface area contributed by atoms with Crippen LogP contribution in [-0.2, 0) is 4.79 Å². The topological polar surface area (TPSA) is 72.0 Å². The number of piperidine rings is 2. The molecule has 2 aliphatic rings. The molecule has 0 unspecified atom stereocenters. The predicted molar refractivity (Wildman–Crippen MR) is 158 cm³/mol. The van der Waals surface area contributed by atoms with Gasteiger partial charge in [-0.25, -0.2) is 4.98 Å². The van der Waals surface area contributed by atoms with Crippen LogP contribution in [0.1, 0.15) is 72.4 Å². The fraction of sp³-hybridized carbons (Fsp3) is 0.452. The Kier molecular flexibility index (Phi) is 8.66. The Bertz CT molecular complexity index is 1340. The maximum atomic E-state index is 13.3. The molecule has 7 nitrogen and oxygen atoms in total. The maximum absolute atomic E-state index is 13.3. The van der Waals surface area contributed by atoms with Crippen LogP contribution in [0.2, 0.25) is 5.02 Å². The highest BCUT2D eigenvalue weighted by atomic mass is 35.5. The van der Waals surface area contributed by atoms with E-state index in [1.807, 2.05) is 45.5 Å². The van der Waals surface area contributed by atoms with Gasteiger partial charge in [0, 0.05) is 37.5 Å². The second-order valence-corrected chi connectivity index (χ2v) is 12.3. The summed E-state index contributed by atoms with van der Waals surface area (Å²) in [6.45, 7) is 6.23. The number of benzene rings is 2. The Hall–Kier alpha value is -3.10. The van der Waals surface area contributed by atoms with Crippen LogP contribution in [0.25, 0.3) is 0 Å². The van der Waals surface area contributed by atoms with Crippen LogP contribution in [0.15, 0.2) is 53.9 Å². The SMILES string of the molecule is COc1ccccc1C1CCN(C(=O)c2csc(C3CCN(C(=O)C(C)(C)Oc4ccccc4Cl)CC3)n2)CC1. The van der Waals surface area contributed by atoms with E-state index in [4.69, 9.17) is 26.1 Å². The second-order valence-electron chi connectivity index (χ2n) is 11.0. The summed E-state index contributed by atoms with van der Waals surface area (Å²) in [7, 11) is 1.70. The average Bonchev–Trinajstić information content (AvgIpc) is 3.48. The van der Waals surface area contributed by atoms with Crippen molar-refractivity contribution >= 4 is 34.8 Å². The van der Waals surface area contributed by atoms with E-state index in [0.29, 0.717) is 48.6 Å². The van der Waals surface area contributed by atoms with Gasteiger partial charge in [0.1, 0.15) is 17.2 Å². The molecule has 1 aromatic heterocycles. The van der Waals surface area contributed by atoms with Crippen molar-refractivity contribution in [3.8, 4) is 11.5 Å². The third-order valence-corrected chi connectivity index (χ3v) is 9.27. The normalized spacial score (nSPS) is 17.1. The molecule has 0 saturated carbocycles. The number of likely N-dealkylation sites (tertiary alicyclic amines) is 2. The highest BCUT2D eigenvalue weighted by molar-refractivity contribution is 7.09. The Balaban J connectivity index is 1.14. The first-order valence-corrected chi connectivity index (χ1v) is 15.1. The zero-order valence-electron chi connectivity index (χ0n) is 23.3. The quantitative estimate of drug-likeness (QED) is 0.323. The number of thiazole rings is 1. The van der Waals surface area contributed by atoms with Gasteiger partial charge in [-0.05, 0) is 69.2 Å². The lowest BCUT2D eigenvalue weighted by molar-refractivity contribution is -0.146. The number of amides is 2. The first-order chi connectivity index (χ1) is 19.3. The van der Waals surface area contributed by atoms with E-state index in [1.54, 1.807) is 44.4 Å². The van der Waals surface area contributed by atoms with Gasteiger partial charge in [-0.2, -0.15) is 0 Å². The van der Waals surface area contributed by atoms with Crippen LogP contribution in [-0.4, -0.2) is 65.5 Å². The van der Waals surface area contributed by atoms with Crippen molar-refractivity contribution in [2.45, 2.75) is 57.0 Å². The summed E-state index contributed by atoms with van der Waals surface area (Å²) >= 11 is 7.79. The molecule has 2 fully saturated rings. The Labute approximate surface area is 245 Å². The van der Waals surface area contributed by atoms with E-state index in [0.717, 1.165) is 36.4 Å². The molecule has 2 aliphatic heterocycles. The van der Waals surface area contributed by atoms with E-state index in [2.05, 4.69) is 6.07 Å². The first kappa shape index (κ1) is 28.4. The molecule has 0 radical (unpaired) electrons. The van der Waals surface area contributed by atoms with Gasteiger partial charge in [0.05, 0.1) is 17.1 Å². The number of para-hydroxylation sites is 2. The molecule has 0 aliphatic carbocycles. The number of ether oxygens (including phenoxy) is 2. The largest absolute Gasteiger partial charge is 0.496 e. The van der Waals surface area contributed by atoms with E-state index in [1.165, 1.54) is 5.56 Å². The zero-order valence-corrected chi connectivity index (χ0v) is 24.8. The summed E-state index contributed by atoms with van der Waals surface area (Å²) in [5.41, 5.74) is 0.720. The lowest BCUT2D eigenvalue weighted by atomic mass is 9.88. The van der Waals surface area contributed by atoms with Crippen molar-refractivity contribution in [1.29, 1.82) is 0 Å². The van der Waals surface area contributed by atoms with Crippen molar-refractivity contribution in [2.75, 3.05) is 33.3 Å². The highest BCUT2D eigenvalue weighted by Gasteiger charge is 2.37. The molecular weight excluding hydrogens is 546 g/mol. The Morgan fingerprint density at radius 1 is 0.900 bits per heavy atom. The first-order valence-electron chi connectivity index (χ1n) is 13.9. The standard InChI is InChI=1S/C31H36ClN3O4S/c1-31(2,39-27-11-7-5-9-24(27)32)30(37)35-18-14-22(15-19-35)28-33-25(20-40-28)29(36)34-16-12-21(13-17-34)23-8-4-6-10-26(23)38-3/h4-11,20-22H,12-19H2,1-3H3. The number of nitrogens with zero attached hydrogens (tertiary/aromatic N) is 3. The fourth-order valence-corrected chi connectivity index (χ4v) is 6.83. The molecule has 0 spiro atoms. The van der Waals surface area contributed by atoms with Crippen LogP contribution in [0.5, 0.6) is 11.5 Å². The molecule has 212 valence electrons. The summed E-state index contributed by atoms with van der Waals surface area (Å²) in [4.78, 5) is 35.1. The molecule has 3 aromatic rings. The molecule has 40 heavy (non-hydrogen) atoms. The molecule has 9 heteroatoms. The zero-order chi connectivity index (χ0) is 28.3. The van der Waals surface area contributed by atoms with Crippen molar-refractivity contribution in [2.24, 2.45) is 0 Å². The summed E-state index contributed by atoms with van der Waals surface area (Å²) in [5, 5.41) is 3.35. The summed E-state index contributed by atoms with van der Waals surface area (Å²) < 4.78 is 11.6. The number of methoxy groups -OCH3 is 1. The third-order valence-electron chi connectivity index (χ3n) is 7.95. The van der Waals surface area contributed by atoms with Gasteiger partial charge in [-0.15, -0.1) is 11.3 Å². The monoisotopic (exact) mass is 581 g/mol. The number of halogens is 1. The van der Waals surface area contributed by atoms with Gasteiger partial charge in [-0.3, -0.25) is 9.59 Å². The Morgan fingerprint density at radius 2 is 1.50 bits per heavy atom. The molecule has 3 heterocycles. The average molecular weight is 582 g/mol. The molecule has 2 amide bonds. The third kappa shape index (κ3) is 6.13. The number of carbonyl (C=O) groups excluding carboxylic acids is 2. The van der Waals surface area contributed by atoms with Crippen LogP contribution in [0, 0.1) is 0 Å². The van der Waals surface area contributed by atoms with E-state index < -0.39 is 5.60 Å². The van der Waals surface area contributed by atoms with E-state index >= 15 is 0 Å². The number of hydrogen-bond acceptors (Lipinski definition) is 6. The van der Waals surface area contributed by atoms with Crippen molar-refractivity contribution < 1.29 is 19.1 Å². The number of aromatic nitrogens is 1. The van der Waals surface area contributed by atoms with Crippen molar-refractivity contribution in [3.63, 3.8) is 0 Å². The lowest BCUT2D eigenvalue weighted by Crippen LogP contribution is -2.51. The van der Waals surface area contributed by atoms with Gasteiger partial charge < -0.3 is 19.3 Å². The minimum absolute atomic E-state index is 0.00654. The molecule has 0 bridgehead atoms. The highest BCUT2D eigenvalue weighted by Crippen LogP contribution is 2.36. The minimum Gasteiger partial charge on any atom is -0.496 e. The molecular formula is C31H36ClN3O4S. The minimum atomic E-state index is -1.03.